The number of hydrogen-bond donors (Lipinski definition) is 0. The van der Waals surface area contributed by atoms with E-state index in [4.69, 9.17) is 0 Å². The Kier molecular flexibility index (Phi) is 8.77. The lowest BCUT2D eigenvalue weighted by Gasteiger charge is -2.61. The van der Waals surface area contributed by atoms with Gasteiger partial charge in [-0.3, -0.25) is 0 Å². The molecule has 55 heavy (non-hydrogen) atoms. The molecule has 0 amide bonds. The summed E-state index contributed by atoms with van der Waals surface area (Å²) in [5.41, 5.74) is 18.9. The molecule has 0 N–H and O–H groups in total. The smallest absolute Gasteiger partial charge is 0.296 e. The Labute approximate surface area is 326 Å². The van der Waals surface area contributed by atoms with Gasteiger partial charge in [0.1, 0.15) is 0 Å². The minimum absolute atomic E-state index is 0.649. The first-order valence-corrected chi connectivity index (χ1v) is 19.3. The third-order valence-electron chi connectivity index (χ3n) is 12.1. The van der Waals surface area contributed by atoms with Crippen molar-refractivity contribution in [1.29, 1.82) is 0 Å². The monoisotopic (exact) mass is 705 g/mol. The van der Waals surface area contributed by atoms with Gasteiger partial charge in [-0.05, 0) is 63.6 Å². The molecule has 8 aromatic rings. The zero-order valence-corrected chi connectivity index (χ0v) is 31.7. The summed E-state index contributed by atoms with van der Waals surface area (Å²) in [5, 5.41) is 0. The lowest BCUT2D eigenvalue weighted by molar-refractivity contribution is 0.610. The highest BCUT2D eigenvalue weighted by atomic mass is 15.3. The molecule has 0 bridgehead atoms. The number of benzene rings is 8. The summed E-state index contributed by atoms with van der Waals surface area (Å²) in [4.78, 5) is 0. The molecule has 0 atom stereocenters. The predicted molar refractivity (Wildman–Crippen MR) is 238 cm³/mol. The zero-order chi connectivity index (χ0) is 37.4. The van der Waals surface area contributed by atoms with Crippen LogP contribution in [0.15, 0.2) is 212 Å². The normalized spacial score (nSPS) is 14.3. The summed E-state index contributed by atoms with van der Waals surface area (Å²) in [6.07, 6.45) is -1.74. The predicted octanol–water partition coefficient (Wildman–Crippen LogP) is 11.8. The second-order valence-corrected chi connectivity index (χ2v) is 15.5. The molecule has 1 heterocycles. The van der Waals surface area contributed by atoms with Crippen LogP contribution in [0, 0.1) is 6.92 Å². The van der Waals surface area contributed by atoms with Crippen molar-refractivity contribution in [1.82, 2.24) is 4.39 Å². The molecule has 264 valence electrons. The molecule has 0 fully saturated rings. The summed E-state index contributed by atoms with van der Waals surface area (Å²) in [6, 6.07) is 78.7. The first kappa shape index (κ1) is 34.3. The largest absolute Gasteiger partial charge is 0.474 e. The number of aryl methyl sites for hydroxylation is 1. The van der Waals surface area contributed by atoms with Crippen molar-refractivity contribution < 1.29 is 0 Å². The Bertz CT molecular complexity index is 2520. The highest BCUT2D eigenvalue weighted by Gasteiger charge is 2.53. The minimum atomic E-state index is -1.74. The molecule has 2 heteroatoms. The summed E-state index contributed by atoms with van der Waals surface area (Å²) in [6.45, 7) is 2.17. The number of rotatable bonds is 7. The second-order valence-electron chi connectivity index (χ2n) is 15.5. The summed E-state index contributed by atoms with van der Waals surface area (Å²) in [5.74, 6) is 0. The van der Waals surface area contributed by atoms with Gasteiger partial charge in [-0.2, -0.15) is 0 Å². The lowest BCUT2D eigenvalue weighted by atomic mass is 9.19. The maximum atomic E-state index is 2.43. The van der Waals surface area contributed by atoms with Crippen molar-refractivity contribution in [2.45, 2.75) is 6.92 Å². The number of nitrogens with zero attached hydrogens (tertiary/aromatic N) is 1. The van der Waals surface area contributed by atoms with Crippen molar-refractivity contribution in [3.8, 4) is 33.4 Å². The first-order valence-electron chi connectivity index (χ1n) is 19.3. The fraction of sp³-hybridized carbons (Fsp3) is 0.0566. The Hall–Kier alpha value is -6.48. The van der Waals surface area contributed by atoms with Crippen LogP contribution in [0.25, 0.3) is 44.4 Å². The second kappa shape index (κ2) is 14.1. The van der Waals surface area contributed by atoms with E-state index >= 15 is 0 Å². The molecular formula is C53H44BN. The average molecular weight is 706 g/mol. The van der Waals surface area contributed by atoms with Crippen molar-refractivity contribution in [3.63, 3.8) is 0 Å². The van der Waals surface area contributed by atoms with Gasteiger partial charge in [0.2, 0.25) is 0 Å². The van der Waals surface area contributed by atoms with Crippen molar-refractivity contribution in [3.05, 3.63) is 235 Å². The Morgan fingerprint density at radius 1 is 0.327 bits per heavy atom. The molecule has 0 unspecified atom stereocenters. The maximum absolute atomic E-state index is 2.43. The van der Waals surface area contributed by atoms with Crippen molar-refractivity contribution >= 4 is 33.9 Å². The van der Waals surface area contributed by atoms with E-state index in [0.29, 0.717) is 4.39 Å². The standard InChI is InChI=1S/C53H44BN/c1-39-23-25-46(26-24-39)52-50-21-13-14-22-51(50)55(2,3)54(48-35-31-44(32-36-48)41-17-9-5-10-18-41,49-37-33-45(34-38-49)42-19-11-6-12-20-42)53(52)47-29-27-43(28-30-47)40-15-7-4-8-16-40/h4-38H,1-3H3. The molecule has 1 aliphatic rings. The van der Waals surface area contributed by atoms with E-state index in [0.717, 1.165) is 0 Å². The highest BCUT2D eigenvalue weighted by molar-refractivity contribution is 7.16. The van der Waals surface area contributed by atoms with Gasteiger partial charge in [-0.15, -0.1) is 16.4 Å². The quantitative estimate of drug-likeness (QED) is 0.145. The molecule has 0 saturated heterocycles. The fourth-order valence-electron chi connectivity index (χ4n) is 9.40. The van der Waals surface area contributed by atoms with Crippen LogP contribution in [0.4, 0.5) is 5.69 Å². The van der Waals surface area contributed by atoms with E-state index in [9.17, 15) is 0 Å². The van der Waals surface area contributed by atoms with E-state index in [1.807, 2.05) is 0 Å². The number of quaternary nitrogens is 1. The molecule has 0 aliphatic carbocycles. The van der Waals surface area contributed by atoms with Gasteiger partial charge < -0.3 is 4.39 Å². The van der Waals surface area contributed by atoms with Crippen LogP contribution in [0.2, 0.25) is 0 Å². The average Bonchev–Trinajstić information content (AvgIpc) is 3.25. The van der Waals surface area contributed by atoms with E-state index in [1.54, 1.807) is 0 Å². The van der Waals surface area contributed by atoms with Gasteiger partial charge in [-0.25, -0.2) is 0 Å². The number of fused-ring (bicyclic) bond motifs is 1. The van der Waals surface area contributed by atoms with Crippen LogP contribution in [0.3, 0.4) is 0 Å². The zero-order valence-electron chi connectivity index (χ0n) is 31.7. The van der Waals surface area contributed by atoms with Gasteiger partial charge >= 0.3 is 0 Å². The van der Waals surface area contributed by atoms with Crippen molar-refractivity contribution in [2.24, 2.45) is 0 Å². The molecule has 0 aromatic heterocycles. The minimum Gasteiger partial charge on any atom is -0.474 e. The summed E-state index contributed by atoms with van der Waals surface area (Å²) in [7, 11) is 4.86. The van der Waals surface area contributed by atoms with Crippen LogP contribution in [0.5, 0.6) is 0 Å². The first-order chi connectivity index (χ1) is 26.9. The summed E-state index contributed by atoms with van der Waals surface area (Å²) < 4.78 is 0.649. The Morgan fingerprint density at radius 2 is 0.673 bits per heavy atom. The van der Waals surface area contributed by atoms with Crippen LogP contribution < -0.4 is 15.3 Å². The third-order valence-corrected chi connectivity index (χ3v) is 12.1. The topological polar surface area (TPSA) is 0 Å². The van der Waals surface area contributed by atoms with Gasteiger partial charge in [0.15, 0.2) is 0 Å². The van der Waals surface area contributed by atoms with Crippen LogP contribution in [-0.4, -0.2) is 20.4 Å². The number of hydrogen-bond acceptors (Lipinski definition) is 0. The van der Waals surface area contributed by atoms with Gasteiger partial charge in [0.05, 0.1) is 5.69 Å². The van der Waals surface area contributed by atoms with E-state index in [-0.39, 0.29) is 0 Å². The molecule has 0 radical (unpaired) electrons. The third kappa shape index (κ3) is 5.87. The van der Waals surface area contributed by atoms with E-state index in [2.05, 4.69) is 233 Å². The highest BCUT2D eigenvalue weighted by Crippen LogP contribution is 2.50. The van der Waals surface area contributed by atoms with Gasteiger partial charge in [0.25, 0.3) is 6.28 Å². The maximum Gasteiger partial charge on any atom is 0.296 e. The van der Waals surface area contributed by atoms with Crippen LogP contribution in [-0.2, 0) is 0 Å². The molecule has 0 spiro atoms. The lowest BCUT2D eigenvalue weighted by Crippen LogP contribution is -2.80. The van der Waals surface area contributed by atoms with Gasteiger partial charge in [-0.1, -0.05) is 211 Å². The molecule has 1 aliphatic heterocycles. The molecule has 0 saturated carbocycles. The molecule has 1 nitrogen and oxygen atoms in total. The van der Waals surface area contributed by atoms with Crippen LogP contribution >= 0.6 is 0 Å². The SMILES string of the molecule is Cc1ccc(C2=C(c3ccc(-c4ccccc4)cc3)[B-](c3ccc(-c4ccccc4)cc3)(c3ccc(-c4ccccc4)cc3)[N+](C)(C)c3ccccc32)cc1. The van der Waals surface area contributed by atoms with Crippen LogP contribution in [0.1, 0.15) is 22.3 Å². The van der Waals surface area contributed by atoms with Crippen molar-refractivity contribution in [2.75, 3.05) is 14.1 Å². The fourth-order valence-corrected chi connectivity index (χ4v) is 9.40. The molecular weight excluding hydrogens is 661 g/mol. The van der Waals surface area contributed by atoms with Gasteiger partial charge in [0, 0.05) is 19.7 Å². The summed E-state index contributed by atoms with van der Waals surface area (Å²) >= 11 is 0. The van der Waals surface area contributed by atoms with E-state index in [1.165, 1.54) is 83.3 Å². The molecule has 8 aromatic carbocycles. The Balaban J connectivity index is 1.40. The number of para-hydroxylation sites is 1. The van der Waals surface area contributed by atoms with E-state index < -0.39 is 6.28 Å². The Morgan fingerprint density at radius 3 is 1.13 bits per heavy atom. The molecule has 9 rings (SSSR count).